The summed E-state index contributed by atoms with van der Waals surface area (Å²) in [5.41, 5.74) is 0.816. The number of carbonyl (C=O) groups is 2. The van der Waals surface area contributed by atoms with Crippen LogP contribution in [0.15, 0.2) is 35.7 Å². The number of rotatable bonds is 8. The van der Waals surface area contributed by atoms with Gasteiger partial charge >= 0.3 is 5.97 Å². The Hall–Kier alpha value is -2.59. The van der Waals surface area contributed by atoms with Gasteiger partial charge < -0.3 is 19.9 Å². The van der Waals surface area contributed by atoms with Crippen molar-refractivity contribution >= 4 is 23.6 Å². The molecule has 0 bridgehead atoms. The molecule has 1 heterocycles. The average molecular weight is 366 g/mol. The monoisotopic (exact) mass is 366 g/mol. The van der Waals surface area contributed by atoms with Crippen LogP contribution in [0.5, 0.6) is 5.75 Å². The number of esters is 1. The summed E-state index contributed by atoms with van der Waals surface area (Å²) in [5.74, 6) is -0.410. The molecule has 0 spiro atoms. The van der Waals surface area contributed by atoms with Crippen molar-refractivity contribution in [2.75, 3.05) is 26.6 Å². The Bertz CT molecular complexity index is 719. The number of carbonyl (C=O) groups excluding carboxylic acids is 2. The molecule has 2 aromatic rings. The fourth-order valence-electron chi connectivity index (χ4n) is 1.93. The van der Waals surface area contributed by atoms with Gasteiger partial charge in [-0.2, -0.15) is 0 Å². The summed E-state index contributed by atoms with van der Waals surface area (Å²) in [7, 11) is 2.77. The van der Waals surface area contributed by atoms with Crippen molar-refractivity contribution < 1.29 is 24.2 Å². The lowest BCUT2D eigenvalue weighted by Gasteiger charge is -2.13. The molecule has 0 aliphatic heterocycles. The average Bonchev–Trinajstić information content (AvgIpc) is 3.12. The lowest BCUT2D eigenvalue weighted by atomic mass is 10.3. The molecular formula is C15H18N4O5S. The minimum atomic E-state index is -1.09. The normalized spacial score (nSPS) is 11.6. The number of aromatic nitrogens is 3. The fourth-order valence-corrected chi connectivity index (χ4v) is 2.67. The molecule has 9 nitrogen and oxygen atoms in total. The summed E-state index contributed by atoms with van der Waals surface area (Å²) in [5, 5.41) is 19.8. The number of aliphatic hydroxyl groups is 1. The number of aliphatic hydroxyl groups excluding tert-OH is 1. The highest BCUT2D eigenvalue weighted by molar-refractivity contribution is 7.99. The van der Waals surface area contributed by atoms with Crippen LogP contribution in [0, 0.1) is 0 Å². The van der Waals surface area contributed by atoms with E-state index < -0.39 is 24.5 Å². The number of thioether (sulfide) groups is 1. The first-order valence-electron chi connectivity index (χ1n) is 7.24. The van der Waals surface area contributed by atoms with E-state index in [2.05, 4.69) is 20.3 Å². The number of hydrogen-bond acceptors (Lipinski definition) is 8. The van der Waals surface area contributed by atoms with Crippen LogP contribution in [-0.2, 0) is 14.3 Å². The van der Waals surface area contributed by atoms with Gasteiger partial charge in [-0.15, -0.1) is 10.2 Å². The molecule has 0 aliphatic rings. The van der Waals surface area contributed by atoms with Gasteiger partial charge in [0.1, 0.15) is 12.1 Å². The SMILES string of the molecule is COC(=O)[C@H](CO)NC(=O)CSc1nncn1-c1ccc(OC)cc1. The largest absolute Gasteiger partial charge is 0.497 e. The van der Waals surface area contributed by atoms with Crippen molar-refractivity contribution in [2.45, 2.75) is 11.2 Å². The third-order valence-corrected chi connectivity index (χ3v) is 4.15. The highest BCUT2D eigenvalue weighted by Crippen LogP contribution is 2.21. The molecule has 2 N–H and O–H groups in total. The van der Waals surface area contributed by atoms with Crippen LogP contribution in [-0.4, -0.2) is 64.4 Å². The number of ether oxygens (including phenoxy) is 2. The molecule has 0 radical (unpaired) electrons. The van der Waals surface area contributed by atoms with Gasteiger partial charge in [0.2, 0.25) is 5.91 Å². The molecule has 0 saturated carbocycles. The van der Waals surface area contributed by atoms with Crippen LogP contribution in [0.1, 0.15) is 0 Å². The molecule has 1 aromatic carbocycles. The third-order valence-electron chi connectivity index (χ3n) is 3.20. The van der Waals surface area contributed by atoms with Crippen LogP contribution in [0.4, 0.5) is 0 Å². The zero-order chi connectivity index (χ0) is 18.2. The van der Waals surface area contributed by atoms with Gasteiger partial charge in [0, 0.05) is 5.69 Å². The zero-order valence-electron chi connectivity index (χ0n) is 13.7. The molecule has 2 rings (SSSR count). The Kier molecular flexibility index (Phi) is 6.78. The predicted molar refractivity (Wildman–Crippen MR) is 89.7 cm³/mol. The second-order valence-corrected chi connectivity index (χ2v) is 5.74. The maximum absolute atomic E-state index is 11.9. The van der Waals surface area contributed by atoms with Gasteiger partial charge in [0.15, 0.2) is 11.2 Å². The summed E-state index contributed by atoms with van der Waals surface area (Å²) in [6, 6.07) is 6.20. The molecule has 0 fully saturated rings. The van der Waals surface area contributed by atoms with Crippen LogP contribution in [0.3, 0.4) is 0 Å². The molecule has 10 heteroatoms. The van der Waals surface area contributed by atoms with Crippen LogP contribution >= 0.6 is 11.8 Å². The fraction of sp³-hybridized carbons (Fsp3) is 0.333. The molecule has 1 amide bonds. The topological polar surface area (TPSA) is 116 Å². The number of methoxy groups -OCH3 is 2. The summed E-state index contributed by atoms with van der Waals surface area (Å²) in [6.45, 7) is -0.537. The van der Waals surface area contributed by atoms with Gasteiger partial charge in [-0.1, -0.05) is 11.8 Å². The summed E-state index contributed by atoms with van der Waals surface area (Å²) < 4.78 is 11.3. The zero-order valence-corrected chi connectivity index (χ0v) is 14.5. The van der Waals surface area contributed by atoms with E-state index in [0.29, 0.717) is 5.16 Å². The third kappa shape index (κ3) is 4.94. The Morgan fingerprint density at radius 3 is 2.64 bits per heavy atom. The van der Waals surface area contributed by atoms with E-state index in [9.17, 15) is 9.59 Å². The second-order valence-electron chi connectivity index (χ2n) is 4.80. The summed E-state index contributed by atoms with van der Waals surface area (Å²) in [6.07, 6.45) is 1.53. The van der Waals surface area contributed by atoms with Crippen molar-refractivity contribution in [3.05, 3.63) is 30.6 Å². The highest BCUT2D eigenvalue weighted by atomic mass is 32.2. The first-order chi connectivity index (χ1) is 12.1. The van der Waals surface area contributed by atoms with E-state index in [1.54, 1.807) is 23.8 Å². The molecule has 0 saturated heterocycles. The van der Waals surface area contributed by atoms with E-state index in [1.807, 2.05) is 12.1 Å². The Labute approximate surface area is 148 Å². The quantitative estimate of drug-likeness (QED) is 0.496. The number of nitrogens with zero attached hydrogens (tertiary/aromatic N) is 3. The van der Waals surface area contributed by atoms with E-state index in [1.165, 1.54) is 13.4 Å². The number of hydrogen-bond donors (Lipinski definition) is 2. The maximum atomic E-state index is 11.9. The molecule has 1 aromatic heterocycles. The molecule has 1 atom stereocenters. The van der Waals surface area contributed by atoms with Crippen LogP contribution < -0.4 is 10.1 Å². The Morgan fingerprint density at radius 2 is 2.04 bits per heavy atom. The van der Waals surface area contributed by atoms with E-state index in [4.69, 9.17) is 9.84 Å². The maximum Gasteiger partial charge on any atom is 0.330 e. The molecule has 25 heavy (non-hydrogen) atoms. The standard InChI is InChI=1S/C15H18N4O5S/c1-23-11-5-3-10(4-6-11)19-9-16-18-15(19)25-8-13(21)17-12(7-20)14(22)24-2/h3-6,9,12,20H,7-8H2,1-2H3,(H,17,21)/t12-/m0/s1. The first-order valence-corrected chi connectivity index (χ1v) is 8.23. The van der Waals surface area contributed by atoms with Crippen LogP contribution in [0.25, 0.3) is 5.69 Å². The van der Waals surface area contributed by atoms with E-state index in [-0.39, 0.29) is 5.75 Å². The lowest BCUT2D eigenvalue weighted by molar-refractivity contribution is -0.145. The van der Waals surface area contributed by atoms with Gasteiger partial charge in [-0.25, -0.2) is 4.79 Å². The predicted octanol–water partition coefficient (Wildman–Crippen LogP) is 0.0181. The van der Waals surface area contributed by atoms with Crippen molar-refractivity contribution in [2.24, 2.45) is 0 Å². The van der Waals surface area contributed by atoms with Crippen molar-refractivity contribution in [1.82, 2.24) is 20.1 Å². The Morgan fingerprint density at radius 1 is 1.32 bits per heavy atom. The van der Waals surface area contributed by atoms with Crippen molar-refractivity contribution in [1.29, 1.82) is 0 Å². The molecule has 134 valence electrons. The minimum absolute atomic E-state index is 0.00232. The summed E-state index contributed by atoms with van der Waals surface area (Å²) >= 11 is 1.15. The van der Waals surface area contributed by atoms with Gasteiger partial charge in [0.05, 0.1) is 26.6 Å². The number of amides is 1. The Balaban J connectivity index is 1.98. The van der Waals surface area contributed by atoms with Gasteiger partial charge in [-0.05, 0) is 24.3 Å². The first kappa shape index (κ1) is 18.7. The number of benzene rings is 1. The minimum Gasteiger partial charge on any atom is -0.497 e. The van der Waals surface area contributed by atoms with Crippen LogP contribution in [0.2, 0.25) is 0 Å². The molecule has 0 unspecified atom stereocenters. The number of nitrogens with one attached hydrogen (secondary N) is 1. The van der Waals surface area contributed by atoms with Gasteiger partial charge in [-0.3, -0.25) is 9.36 Å². The van der Waals surface area contributed by atoms with E-state index in [0.717, 1.165) is 23.2 Å². The summed E-state index contributed by atoms with van der Waals surface area (Å²) in [4.78, 5) is 23.3. The van der Waals surface area contributed by atoms with Crippen molar-refractivity contribution in [3.8, 4) is 11.4 Å². The second kappa shape index (κ2) is 9.04. The smallest absolute Gasteiger partial charge is 0.330 e. The highest BCUT2D eigenvalue weighted by Gasteiger charge is 2.20. The molecule has 0 aliphatic carbocycles. The molecular weight excluding hydrogens is 348 g/mol. The van der Waals surface area contributed by atoms with Gasteiger partial charge in [0.25, 0.3) is 0 Å². The lowest BCUT2D eigenvalue weighted by Crippen LogP contribution is -2.44. The van der Waals surface area contributed by atoms with Crippen molar-refractivity contribution in [3.63, 3.8) is 0 Å². The van der Waals surface area contributed by atoms with E-state index >= 15 is 0 Å².